The first-order valence-corrected chi connectivity index (χ1v) is 7.33. The summed E-state index contributed by atoms with van der Waals surface area (Å²) in [6, 6.07) is 4.35. The largest absolute Gasteiger partial charge is 0.480 e. The second kappa shape index (κ2) is 6.70. The molecule has 3 N–H and O–H groups in total. The number of rotatable bonds is 5. The predicted molar refractivity (Wildman–Crippen MR) is 85.1 cm³/mol. The molecule has 0 aliphatic rings. The molecule has 1 aromatic heterocycles. The van der Waals surface area contributed by atoms with E-state index in [1.165, 1.54) is 6.33 Å². The number of aryl methyl sites for hydroxylation is 1. The van der Waals surface area contributed by atoms with E-state index in [0.717, 1.165) is 9.13 Å². The number of hydrogen-bond donors (Lipinski definition) is 3. The molecule has 2 aromatic rings. The lowest BCUT2D eigenvalue weighted by Gasteiger charge is -2.15. The molecule has 0 radical (unpaired) electrons. The van der Waals surface area contributed by atoms with Crippen LogP contribution in [0.15, 0.2) is 30.7 Å². The number of carbonyl (C=O) groups is 2. The molecule has 0 saturated heterocycles. The summed E-state index contributed by atoms with van der Waals surface area (Å²) in [6.45, 7) is 1.90. The van der Waals surface area contributed by atoms with Crippen LogP contribution in [0.5, 0.6) is 0 Å². The van der Waals surface area contributed by atoms with Gasteiger partial charge in [-0.3, -0.25) is 4.79 Å². The van der Waals surface area contributed by atoms with Crippen LogP contribution in [0.1, 0.15) is 21.6 Å². The summed E-state index contributed by atoms with van der Waals surface area (Å²) in [6.07, 6.45) is 3.17. The number of carboxylic acid groups (broad SMARTS) is 1. The molecule has 7 heteroatoms. The van der Waals surface area contributed by atoms with Gasteiger partial charge in [-0.05, 0) is 41.1 Å². The highest BCUT2D eigenvalue weighted by Crippen LogP contribution is 2.16. The topological polar surface area (TPSA) is 95.1 Å². The molecule has 110 valence electrons. The SMILES string of the molecule is Cc1cccc(C(=O)N[C@@H](Cc2cnc[nH]2)C(=O)O)c1I. The second-order valence-electron chi connectivity index (χ2n) is 4.58. The number of nitrogens with zero attached hydrogens (tertiary/aromatic N) is 1. The molecule has 1 heterocycles. The third kappa shape index (κ3) is 3.81. The van der Waals surface area contributed by atoms with Crippen molar-refractivity contribution in [3.63, 3.8) is 0 Å². The lowest BCUT2D eigenvalue weighted by atomic mass is 10.1. The number of aromatic nitrogens is 2. The molecule has 1 amide bonds. The predicted octanol–water partition coefficient (Wildman–Crippen LogP) is 1.75. The van der Waals surface area contributed by atoms with Crippen molar-refractivity contribution in [1.29, 1.82) is 0 Å². The van der Waals surface area contributed by atoms with Crippen LogP contribution in [0.4, 0.5) is 0 Å². The quantitative estimate of drug-likeness (QED) is 0.668. The average molecular weight is 399 g/mol. The van der Waals surface area contributed by atoms with Gasteiger partial charge in [-0.1, -0.05) is 12.1 Å². The molecule has 0 fully saturated rings. The van der Waals surface area contributed by atoms with E-state index >= 15 is 0 Å². The maximum atomic E-state index is 12.3. The normalized spacial score (nSPS) is 11.9. The van der Waals surface area contributed by atoms with Gasteiger partial charge < -0.3 is 15.4 Å². The molecule has 1 aromatic carbocycles. The van der Waals surface area contributed by atoms with Gasteiger partial charge in [0.05, 0.1) is 11.9 Å². The van der Waals surface area contributed by atoms with Crippen LogP contribution in [0, 0.1) is 10.5 Å². The number of halogens is 1. The Morgan fingerprint density at radius 2 is 2.24 bits per heavy atom. The molecule has 0 unspecified atom stereocenters. The first-order chi connectivity index (χ1) is 9.99. The minimum Gasteiger partial charge on any atom is -0.480 e. The van der Waals surface area contributed by atoms with Crippen LogP contribution < -0.4 is 5.32 Å². The molecule has 0 spiro atoms. The maximum Gasteiger partial charge on any atom is 0.326 e. The van der Waals surface area contributed by atoms with Crippen molar-refractivity contribution in [2.24, 2.45) is 0 Å². The van der Waals surface area contributed by atoms with Crippen molar-refractivity contribution in [2.45, 2.75) is 19.4 Å². The molecule has 6 nitrogen and oxygen atoms in total. The fourth-order valence-corrected chi connectivity index (χ4v) is 2.48. The smallest absolute Gasteiger partial charge is 0.326 e. The molecule has 21 heavy (non-hydrogen) atoms. The lowest BCUT2D eigenvalue weighted by molar-refractivity contribution is -0.139. The summed E-state index contributed by atoms with van der Waals surface area (Å²) in [5, 5.41) is 11.8. The van der Waals surface area contributed by atoms with Crippen LogP contribution in [0.2, 0.25) is 0 Å². The number of H-pyrrole nitrogens is 1. The minimum absolute atomic E-state index is 0.156. The van der Waals surface area contributed by atoms with Gasteiger partial charge in [0.25, 0.3) is 5.91 Å². The number of benzene rings is 1. The summed E-state index contributed by atoms with van der Waals surface area (Å²) >= 11 is 2.08. The van der Waals surface area contributed by atoms with Crippen molar-refractivity contribution in [3.8, 4) is 0 Å². The van der Waals surface area contributed by atoms with E-state index in [2.05, 4.69) is 37.9 Å². The third-order valence-electron chi connectivity index (χ3n) is 3.02. The van der Waals surface area contributed by atoms with Gasteiger partial charge >= 0.3 is 5.97 Å². The summed E-state index contributed by atoms with van der Waals surface area (Å²) in [4.78, 5) is 30.2. The average Bonchev–Trinajstić information content (AvgIpc) is 2.93. The first-order valence-electron chi connectivity index (χ1n) is 6.25. The van der Waals surface area contributed by atoms with Crippen LogP contribution in [-0.2, 0) is 11.2 Å². The highest BCUT2D eigenvalue weighted by Gasteiger charge is 2.22. The Kier molecular flexibility index (Phi) is 4.94. The number of amides is 1. The summed E-state index contributed by atoms with van der Waals surface area (Å²) in [5.74, 6) is -1.48. The van der Waals surface area contributed by atoms with E-state index in [-0.39, 0.29) is 6.42 Å². The monoisotopic (exact) mass is 399 g/mol. The summed E-state index contributed by atoms with van der Waals surface area (Å²) < 4.78 is 0.818. The van der Waals surface area contributed by atoms with Crippen molar-refractivity contribution < 1.29 is 14.7 Å². The maximum absolute atomic E-state index is 12.3. The van der Waals surface area contributed by atoms with E-state index in [9.17, 15) is 14.7 Å². The van der Waals surface area contributed by atoms with Gasteiger partial charge in [-0.25, -0.2) is 9.78 Å². The van der Waals surface area contributed by atoms with Gasteiger partial charge in [0.15, 0.2) is 0 Å². The molecule has 0 aliphatic heterocycles. The number of hydrogen-bond acceptors (Lipinski definition) is 3. The van der Waals surface area contributed by atoms with Gasteiger partial charge in [0.1, 0.15) is 6.04 Å². The summed E-state index contributed by atoms with van der Waals surface area (Å²) in [7, 11) is 0. The number of carboxylic acids is 1. The Labute approximate surface area is 135 Å². The Morgan fingerprint density at radius 3 is 2.86 bits per heavy atom. The van der Waals surface area contributed by atoms with Crippen LogP contribution in [0.25, 0.3) is 0 Å². The fraction of sp³-hybridized carbons (Fsp3) is 0.214. The highest BCUT2D eigenvalue weighted by molar-refractivity contribution is 14.1. The van der Waals surface area contributed by atoms with Gasteiger partial charge in [-0.2, -0.15) is 0 Å². The molecular weight excluding hydrogens is 385 g/mol. The van der Waals surface area contributed by atoms with Gasteiger partial charge in [0, 0.05) is 21.9 Å². The zero-order valence-corrected chi connectivity index (χ0v) is 13.4. The van der Waals surface area contributed by atoms with Crippen molar-refractivity contribution in [2.75, 3.05) is 0 Å². The van der Waals surface area contributed by atoms with Crippen LogP contribution in [0.3, 0.4) is 0 Å². The van der Waals surface area contributed by atoms with Crippen LogP contribution >= 0.6 is 22.6 Å². The molecule has 1 atom stereocenters. The standard InChI is InChI=1S/C14H14IN3O3/c1-8-3-2-4-10(12(8)15)13(19)18-11(14(20)21)5-9-6-16-7-17-9/h2-4,6-7,11H,5H2,1H3,(H,16,17)(H,18,19)(H,20,21)/t11-/m0/s1. The molecule has 0 aliphatic carbocycles. The molecule has 2 rings (SSSR count). The third-order valence-corrected chi connectivity index (χ3v) is 4.45. The zero-order valence-electron chi connectivity index (χ0n) is 11.3. The Bertz CT molecular complexity index is 655. The number of aromatic amines is 1. The Morgan fingerprint density at radius 1 is 1.48 bits per heavy atom. The number of aliphatic carboxylic acids is 1. The lowest BCUT2D eigenvalue weighted by Crippen LogP contribution is -2.42. The van der Waals surface area contributed by atoms with Crippen molar-refractivity contribution >= 4 is 34.5 Å². The van der Waals surface area contributed by atoms with E-state index in [1.807, 2.05) is 13.0 Å². The summed E-state index contributed by atoms with van der Waals surface area (Å²) in [5.41, 5.74) is 2.11. The molecule has 0 bridgehead atoms. The Balaban J connectivity index is 2.15. The molecular formula is C14H14IN3O3. The van der Waals surface area contributed by atoms with E-state index < -0.39 is 17.9 Å². The highest BCUT2D eigenvalue weighted by atomic mass is 127. The number of nitrogens with one attached hydrogen (secondary N) is 2. The van der Waals surface area contributed by atoms with Crippen molar-refractivity contribution in [1.82, 2.24) is 15.3 Å². The Hall–Kier alpha value is -1.90. The van der Waals surface area contributed by atoms with Crippen LogP contribution in [-0.4, -0.2) is 33.0 Å². The van der Waals surface area contributed by atoms with Crippen molar-refractivity contribution in [3.05, 3.63) is 51.1 Å². The zero-order chi connectivity index (χ0) is 15.4. The second-order valence-corrected chi connectivity index (χ2v) is 5.66. The van der Waals surface area contributed by atoms with Gasteiger partial charge in [-0.15, -0.1) is 0 Å². The first kappa shape index (κ1) is 15.5. The fourth-order valence-electron chi connectivity index (χ4n) is 1.88. The van der Waals surface area contributed by atoms with E-state index in [1.54, 1.807) is 18.3 Å². The number of carbonyl (C=O) groups excluding carboxylic acids is 1. The van der Waals surface area contributed by atoms with E-state index in [4.69, 9.17) is 0 Å². The molecule has 0 saturated carbocycles. The minimum atomic E-state index is -1.08. The van der Waals surface area contributed by atoms with E-state index in [0.29, 0.717) is 11.3 Å². The van der Waals surface area contributed by atoms with Gasteiger partial charge in [0.2, 0.25) is 0 Å². The number of imidazole rings is 1.